The lowest BCUT2D eigenvalue weighted by Crippen LogP contribution is -2.36. The summed E-state index contributed by atoms with van der Waals surface area (Å²) in [6.45, 7) is 7.79. The average Bonchev–Trinajstić information content (AvgIpc) is 2.35. The van der Waals surface area contributed by atoms with Gasteiger partial charge in [-0.2, -0.15) is 0 Å². The maximum atomic E-state index is 11.9. The number of amides is 1. The Bertz CT molecular complexity index is 279. The molecule has 0 saturated heterocycles. The number of hydrogen-bond acceptors (Lipinski definition) is 2. The molecule has 0 fully saturated rings. The summed E-state index contributed by atoms with van der Waals surface area (Å²) in [5.74, 6) is -0.858. The van der Waals surface area contributed by atoms with Gasteiger partial charge in [0.2, 0.25) is 5.91 Å². The van der Waals surface area contributed by atoms with Crippen LogP contribution in [-0.4, -0.2) is 23.0 Å². The third-order valence-electron chi connectivity index (χ3n) is 3.52. The fourth-order valence-corrected chi connectivity index (χ4v) is 1.95. The number of hydrogen-bond donors (Lipinski definition) is 2. The molecule has 0 rings (SSSR count). The molecule has 0 aromatic heterocycles. The van der Waals surface area contributed by atoms with Gasteiger partial charge in [0.1, 0.15) is 0 Å². The largest absolute Gasteiger partial charge is 0.481 e. The highest BCUT2D eigenvalue weighted by Crippen LogP contribution is 2.11. The highest BCUT2D eigenvalue weighted by molar-refractivity contribution is 5.78. The van der Waals surface area contributed by atoms with Crippen molar-refractivity contribution in [3.63, 3.8) is 0 Å². The predicted octanol–water partition coefficient (Wildman–Crippen LogP) is 3.21. The lowest BCUT2D eigenvalue weighted by molar-refractivity contribution is -0.141. The number of carbonyl (C=O) groups is 2. The third-order valence-corrected chi connectivity index (χ3v) is 3.52. The maximum absolute atomic E-state index is 11.9. The van der Waals surface area contributed by atoms with E-state index in [1.165, 1.54) is 0 Å². The fraction of sp³-hybridized carbons (Fsp3) is 0.867. The molecule has 0 saturated carbocycles. The average molecular weight is 271 g/mol. The van der Waals surface area contributed by atoms with Crippen LogP contribution in [0, 0.1) is 11.8 Å². The van der Waals surface area contributed by atoms with Crippen molar-refractivity contribution in [3.8, 4) is 0 Å². The van der Waals surface area contributed by atoms with Crippen molar-refractivity contribution in [2.75, 3.05) is 0 Å². The van der Waals surface area contributed by atoms with E-state index in [0.717, 1.165) is 32.1 Å². The van der Waals surface area contributed by atoms with Crippen LogP contribution in [0.5, 0.6) is 0 Å². The predicted molar refractivity (Wildman–Crippen MR) is 76.9 cm³/mol. The van der Waals surface area contributed by atoms with E-state index in [0.29, 0.717) is 6.42 Å². The fourth-order valence-electron chi connectivity index (χ4n) is 1.95. The highest BCUT2D eigenvalue weighted by atomic mass is 16.4. The number of aliphatic carboxylic acids is 1. The Kier molecular flexibility index (Phi) is 9.27. The molecular formula is C15H29NO3. The molecule has 0 spiro atoms. The summed E-state index contributed by atoms with van der Waals surface area (Å²) in [5, 5.41) is 11.8. The van der Waals surface area contributed by atoms with Crippen molar-refractivity contribution in [2.24, 2.45) is 11.8 Å². The molecular weight excluding hydrogens is 242 g/mol. The van der Waals surface area contributed by atoms with Gasteiger partial charge in [-0.3, -0.25) is 9.59 Å². The zero-order valence-electron chi connectivity index (χ0n) is 12.7. The van der Waals surface area contributed by atoms with E-state index in [2.05, 4.69) is 12.2 Å². The van der Waals surface area contributed by atoms with Crippen LogP contribution in [0.25, 0.3) is 0 Å². The number of rotatable bonds is 10. The van der Waals surface area contributed by atoms with Gasteiger partial charge in [0.15, 0.2) is 0 Å². The second kappa shape index (κ2) is 9.82. The van der Waals surface area contributed by atoms with E-state index in [1.807, 2.05) is 13.8 Å². The van der Waals surface area contributed by atoms with Gasteiger partial charge in [0.05, 0.1) is 5.92 Å². The first-order chi connectivity index (χ1) is 8.88. The van der Waals surface area contributed by atoms with Crippen LogP contribution in [-0.2, 0) is 9.59 Å². The van der Waals surface area contributed by atoms with Crippen LogP contribution in [0.4, 0.5) is 0 Å². The zero-order chi connectivity index (χ0) is 14.8. The first-order valence-corrected chi connectivity index (χ1v) is 7.41. The quantitative estimate of drug-likeness (QED) is 0.641. The van der Waals surface area contributed by atoms with Crippen LogP contribution >= 0.6 is 0 Å². The number of carbonyl (C=O) groups excluding carboxylic acids is 1. The summed E-state index contributed by atoms with van der Waals surface area (Å²) in [4.78, 5) is 22.5. The minimum absolute atomic E-state index is 0.0698. The van der Waals surface area contributed by atoms with E-state index in [1.54, 1.807) is 6.92 Å². The van der Waals surface area contributed by atoms with Crippen LogP contribution in [0.3, 0.4) is 0 Å². The van der Waals surface area contributed by atoms with Gasteiger partial charge in [-0.1, -0.05) is 40.0 Å². The molecule has 2 N–H and O–H groups in total. The van der Waals surface area contributed by atoms with E-state index in [9.17, 15) is 9.59 Å². The van der Waals surface area contributed by atoms with Crippen LogP contribution in [0.2, 0.25) is 0 Å². The molecule has 112 valence electrons. The second-order valence-electron chi connectivity index (χ2n) is 5.62. The molecule has 0 aliphatic heterocycles. The topological polar surface area (TPSA) is 66.4 Å². The first-order valence-electron chi connectivity index (χ1n) is 7.41. The Morgan fingerprint density at radius 3 is 2.11 bits per heavy atom. The van der Waals surface area contributed by atoms with Gasteiger partial charge < -0.3 is 10.4 Å². The summed E-state index contributed by atoms with van der Waals surface area (Å²) in [6.07, 6.45) is 5.47. The minimum Gasteiger partial charge on any atom is -0.481 e. The molecule has 0 heterocycles. The van der Waals surface area contributed by atoms with Crippen LogP contribution in [0.1, 0.15) is 66.2 Å². The molecule has 1 amide bonds. The Morgan fingerprint density at radius 1 is 1.00 bits per heavy atom. The van der Waals surface area contributed by atoms with E-state index >= 15 is 0 Å². The molecule has 0 bridgehead atoms. The summed E-state index contributed by atoms with van der Waals surface area (Å²) in [7, 11) is 0. The lowest BCUT2D eigenvalue weighted by atomic mass is 10.0. The summed E-state index contributed by atoms with van der Waals surface area (Å²) in [6, 6.07) is 0.123. The van der Waals surface area contributed by atoms with Gasteiger partial charge in [0.25, 0.3) is 0 Å². The summed E-state index contributed by atoms with van der Waals surface area (Å²) >= 11 is 0. The van der Waals surface area contributed by atoms with Gasteiger partial charge in [-0.05, 0) is 26.2 Å². The molecule has 0 aliphatic rings. The monoisotopic (exact) mass is 271 g/mol. The molecule has 3 atom stereocenters. The second-order valence-corrected chi connectivity index (χ2v) is 5.62. The smallest absolute Gasteiger partial charge is 0.306 e. The summed E-state index contributed by atoms with van der Waals surface area (Å²) in [5.41, 5.74) is 0. The Hall–Kier alpha value is -1.06. The van der Waals surface area contributed by atoms with E-state index in [4.69, 9.17) is 5.11 Å². The summed E-state index contributed by atoms with van der Waals surface area (Å²) < 4.78 is 0. The van der Waals surface area contributed by atoms with E-state index < -0.39 is 5.97 Å². The molecule has 0 radical (unpaired) electrons. The zero-order valence-corrected chi connectivity index (χ0v) is 12.7. The third kappa shape index (κ3) is 8.62. The number of unbranched alkanes of at least 4 members (excludes halogenated alkanes) is 1. The number of nitrogens with one attached hydrogen (secondary N) is 1. The Labute approximate surface area is 117 Å². The molecule has 4 heteroatoms. The van der Waals surface area contributed by atoms with Gasteiger partial charge >= 0.3 is 5.97 Å². The molecule has 0 aromatic carbocycles. The van der Waals surface area contributed by atoms with Crippen LogP contribution < -0.4 is 5.32 Å². The Morgan fingerprint density at radius 2 is 1.58 bits per heavy atom. The Balaban J connectivity index is 3.81. The van der Waals surface area contributed by atoms with Crippen molar-refractivity contribution >= 4 is 11.9 Å². The molecule has 3 unspecified atom stereocenters. The lowest BCUT2D eigenvalue weighted by Gasteiger charge is -2.17. The number of carboxylic acids is 1. The van der Waals surface area contributed by atoms with Crippen molar-refractivity contribution in [1.82, 2.24) is 5.32 Å². The molecule has 0 aromatic rings. The van der Waals surface area contributed by atoms with E-state index in [-0.39, 0.29) is 23.8 Å². The van der Waals surface area contributed by atoms with Crippen molar-refractivity contribution < 1.29 is 14.7 Å². The minimum atomic E-state index is -0.745. The SMILES string of the molecule is CCCCC(C)C(=O)NC(C)CCCC(C)C(=O)O. The molecule has 4 nitrogen and oxygen atoms in total. The van der Waals surface area contributed by atoms with Gasteiger partial charge in [-0.15, -0.1) is 0 Å². The molecule has 19 heavy (non-hydrogen) atoms. The van der Waals surface area contributed by atoms with Gasteiger partial charge in [0, 0.05) is 12.0 Å². The van der Waals surface area contributed by atoms with Crippen molar-refractivity contribution in [3.05, 3.63) is 0 Å². The maximum Gasteiger partial charge on any atom is 0.306 e. The number of carboxylic acid groups (broad SMARTS) is 1. The van der Waals surface area contributed by atoms with Crippen molar-refractivity contribution in [2.45, 2.75) is 72.3 Å². The standard InChI is InChI=1S/C15H29NO3/c1-5-6-8-11(2)14(17)16-13(4)10-7-9-12(3)15(18)19/h11-13H,5-10H2,1-4H3,(H,16,17)(H,18,19). The van der Waals surface area contributed by atoms with Gasteiger partial charge in [-0.25, -0.2) is 0 Å². The first kappa shape index (κ1) is 17.9. The normalized spacial score (nSPS) is 15.6. The van der Waals surface area contributed by atoms with Crippen LogP contribution in [0.15, 0.2) is 0 Å². The van der Waals surface area contributed by atoms with Crippen molar-refractivity contribution in [1.29, 1.82) is 0 Å². The molecule has 0 aliphatic carbocycles. The highest BCUT2D eigenvalue weighted by Gasteiger charge is 2.15.